The van der Waals surface area contributed by atoms with Gasteiger partial charge in [0.1, 0.15) is 0 Å². The van der Waals surface area contributed by atoms with Gasteiger partial charge in [-0.15, -0.1) is 11.3 Å². The van der Waals surface area contributed by atoms with Crippen molar-refractivity contribution in [3.05, 3.63) is 164 Å². The maximum atomic E-state index is 5.12. The summed E-state index contributed by atoms with van der Waals surface area (Å²) in [4.78, 5) is 15.2. The molecule has 8 aromatic carbocycles. The van der Waals surface area contributed by atoms with E-state index in [1.165, 1.54) is 69.7 Å². The van der Waals surface area contributed by atoms with E-state index in [4.69, 9.17) is 15.0 Å². The Hall–Kier alpha value is -6.49. The maximum absolute atomic E-state index is 5.12. The van der Waals surface area contributed by atoms with Gasteiger partial charge < -0.3 is 0 Å². The molecule has 11 rings (SSSR count). The summed E-state index contributed by atoms with van der Waals surface area (Å²) in [5.41, 5.74) is 10.6. The summed E-state index contributed by atoms with van der Waals surface area (Å²) in [5.74, 6) is 1.98. The molecular formula is C47H27N3S. The summed E-state index contributed by atoms with van der Waals surface area (Å²) in [5, 5.41) is 7.51. The summed E-state index contributed by atoms with van der Waals surface area (Å²) >= 11 is 1.88. The van der Waals surface area contributed by atoms with Gasteiger partial charge in [-0.05, 0) is 67.6 Å². The molecule has 0 amide bonds. The third-order valence-electron chi connectivity index (χ3n) is 10.3. The van der Waals surface area contributed by atoms with Crippen LogP contribution in [0.1, 0.15) is 0 Å². The van der Waals surface area contributed by atoms with E-state index in [0.717, 1.165) is 22.1 Å². The van der Waals surface area contributed by atoms with Crippen LogP contribution in [0.5, 0.6) is 0 Å². The Balaban J connectivity index is 1.22. The normalized spacial score (nSPS) is 11.9. The van der Waals surface area contributed by atoms with Crippen LogP contribution in [0.15, 0.2) is 164 Å². The van der Waals surface area contributed by atoms with Gasteiger partial charge >= 0.3 is 0 Å². The van der Waals surface area contributed by atoms with Crippen molar-refractivity contribution < 1.29 is 0 Å². The Morgan fingerprint density at radius 2 is 0.902 bits per heavy atom. The number of thiophene rings is 1. The molecule has 1 aliphatic rings. The summed E-state index contributed by atoms with van der Waals surface area (Å²) in [6, 6.07) is 58.4. The number of hydrogen-bond acceptors (Lipinski definition) is 4. The Kier molecular flexibility index (Phi) is 6.12. The van der Waals surface area contributed by atoms with E-state index in [9.17, 15) is 0 Å². The monoisotopic (exact) mass is 665 g/mol. The predicted molar refractivity (Wildman–Crippen MR) is 214 cm³/mol. The molecule has 0 atom stereocenters. The minimum Gasteiger partial charge on any atom is -0.208 e. The number of nitrogens with zero attached hydrogens (tertiary/aromatic N) is 3. The molecule has 51 heavy (non-hydrogen) atoms. The van der Waals surface area contributed by atoms with Gasteiger partial charge in [-0.1, -0.05) is 146 Å². The quantitative estimate of drug-likeness (QED) is 0.188. The van der Waals surface area contributed by atoms with Crippen molar-refractivity contribution in [2.45, 2.75) is 0 Å². The van der Waals surface area contributed by atoms with Crippen molar-refractivity contribution in [3.63, 3.8) is 0 Å². The SMILES string of the molecule is c1ccc(-c2nc(-c3ccccc3)nc(-c3ccc(-c4c5c(cc6sc7ccccc7c46)-c4cccc6cccc-5c46)c4ccccc34)n2)cc1. The largest absolute Gasteiger partial charge is 0.208 e. The standard InChI is InChI=1S/C47H27N3S/c1-3-13-29(14-4-1)45-48-46(30-15-5-2-6-16-30)50-47(49-45)35-26-25-34(31-19-7-8-20-32(31)35)44-42-37-23-12-18-28-17-11-22-33(41(28)37)38(42)27-40-43(44)36-21-9-10-24-39(36)51-40/h1-27H. The zero-order chi connectivity index (χ0) is 33.5. The van der Waals surface area contributed by atoms with Crippen molar-refractivity contribution in [2.75, 3.05) is 0 Å². The third-order valence-corrected chi connectivity index (χ3v) is 11.4. The molecule has 2 aromatic heterocycles. The average Bonchev–Trinajstić information content (AvgIpc) is 3.74. The summed E-state index contributed by atoms with van der Waals surface area (Å²) < 4.78 is 2.61. The highest BCUT2D eigenvalue weighted by Gasteiger charge is 2.29. The molecular weight excluding hydrogens is 639 g/mol. The highest BCUT2D eigenvalue weighted by atomic mass is 32.1. The molecule has 0 N–H and O–H groups in total. The molecule has 0 radical (unpaired) electrons. The van der Waals surface area contributed by atoms with Gasteiger partial charge in [-0.25, -0.2) is 15.0 Å². The molecule has 1 aliphatic carbocycles. The first-order valence-electron chi connectivity index (χ1n) is 17.2. The molecule has 0 spiro atoms. The molecule has 3 nitrogen and oxygen atoms in total. The van der Waals surface area contributed by atoms with Crippen molar-refractivity contribution in [1.82, 2.24) is 15.0 Å². The van der Waals surface area contributed by atoms with Gasteiger partial charge in [0.2, 0.25) is 0 Å². The Bertz CT molecular complexity index is 2960. The third kappa shape index (κ3) is 4.27. The highest BCUT2D eigenvalue weighted by Crippen LogP contribution is 2.56. The second-order valence-electron chi connectivity index (χ2n) is 13.1. The van der Waals surface area contributed by atoms with Crippen LogP contribution >= 0.6 is 11.3 Å². The van der Waals surface area contributed by atoms with E-state index in [0.29, 0.717) is 17.5 Å². The number of hydrogen-bond donors (Lipinski definition) is 0. The van der Waals surface area contributed by atoms with Crippen LogP contribution in [-0.4, -0.2) is 15.0 Å². The second kappa shape index (κ2) is 11.0. The summed E-state index contributed by atoms with van der Waals surface area (Å²) in [6.45, 7) is 0. The first-order valence-corrected chi connectivity index (χ1v) is 18.0. The fourth-order valence-electron chi connectivity index (χ4n) is 8.06. The van der Waals surface area contributed by atoms with Crippen molar-refractivity contribution >= 4 is 53.1 Å². The molecule has 0 saturated carbocycles. The Morgan fingerprint density at radius 3 is 1.61 bits per heavy atom. The van der Waals surface area contributed by atoms with Crippen molar-refractivity contribution in [1.29, 1.82) is 0 Å². The van der Waals surface area contributed by atoms with Gasteiger partial charge in [0.05, 0.1) is 0 Å². The van der Waals surface area contributed by atoms with E-state index in [1.54, 1.807) is 0 Å². The van der Waals surface area contributed by atoms with E-state index in [1.807, 2.05) is 47.7 Å². The molecule has 0 fully saturated rings. The zero-order valence-electron chi connectivity index (χ0n) is 27.3. The van der Waals surface area contributed by atoms with Crippen molar-refractivity contribution in [3.8, 4) is 67.5 Å². The fraction of sp³-hybridized carbons (Fsp3) is 0. The molecule has 10 aromatic rings. The first kappa shape index (κ1) is 28.4. The lowest BCUT2D eigenvalue weighted by Crippen LogP contribution is -2.00. The van der Waals surface area contributed by atoms with Gasteiger partial charge in [0.15, 0.2) is 17.5 Å². The van der Waals surface area contributed by atoms with Crippen LogP contribution in [0.2, 0.25) is 0 Å². The van der Waals surface area contributed by atoms with Gasteiger partial charge in [0.25, 0.3) is 0 Å². The number of fused-ring (bicyclic) bond motifs is 7. The minimum absolute atomic E-state index is 0.658. The maximum Gasteiger partial charge on any atom is 0.164 e. The lowest BCUT2D eigenvalue weighted by atomic mass is 9.86. The number of rotatable bonds is 4. The molecule has 0 bridgehead atoms. The lowest BCUT2D eigenvalue weighted by Gasteiger charge is -2.17. The van der Waals surface area contributed by atoms with Crippen LogP contribution in [-0.2, 0) is 0 Å². The molecule has 2 heterocycles. The van der Waals surface area contributed by atoms with Crippen LogP contribution in [0.3, 0.4) is 0 Å². The predicted octanol–water partition coefficient (Wildman–Crippen LogP) is 12.9. The van der Waals surface area contributed by atoms with Gasteiger partial charge in [0, 0.05) is 42.4 Å². The second-order valence-corrected chi connectivity index (χ2v) is 14.2. The molecule has 4 heteroatoms. The fourth-order valence-corrected chi connectivity index (χ4v) is 9.22. The highest BCUT2D eigenvalue weighted by molar-refractivity contribution is 7.26. The number of benzene rings is 8. The topological polar surface area (TPSA) is 38.7 Å². The van der Waals surface area contributed by atoms with E-state index in [2.05, 4.69) is 127 Å². The van der Waals surface area contributed by atoms with Crippen LogP contribution in [0.25, 0.3) is 109 Å². The molecule has 0 saturated heterocycles. The number of aromatic nitrogens is 3. The van der Waals surface area contributed by atoms with Gasteiger partial charge in [-0.2, -0.15) is 0 Å². The van der Waals surface area contributed by atoms with E-state index in [-0.39, 0.29) is 0 Å². The first-order chi connectivity index (χ1) is 25.3. The molecule has 0 aliphatic heterocycles. The summed E-state index contributed by atoms with van der Waals surface area (Å²) in [6.07, 6.45) is 0. The molecule has 0 unspecified atom stereocenters. The minimum atomic E-state index is 0.658. The van der Waals surface area contributed by atoms with Crippen LogP contribution < -0.4 is 0 Å². The van der Waals surface area contributed by atoms with Crippen LogP contribution in [0.4, 0.5) is 0 Å². The van der Waals surface area contributed by atoms with Gasteiger partial charge in [-0.3, -0.25) is 0 Å². The van der Waals surface area contributed by atoms with E-state index < -0.39 is 0 Å². The average molecular weight is 666 g/mol. The van der Waals surface area contributed by atoms with E-state index >= 15 is 0 Å². The summed E-state index contributed by atoms with van der Waals surface area (Å²) in [7, 11) is 0. The zero-order valence-corrected chi connectivity index (χ0v) is 28.2. The van der Waals surface area contributed by atoms with Crippen LogP contribution in [0, 0.1) is 0 Å². The lowest BCUT2D eigenvalue weighted by molar-refractivity contribution is 1.08. The smallest absolute Gasteiger partial charge is 0.164 e. The van der Waals surface area contributed by atoms with Crippen molar-refractivity contribution in [2.24, 2.45) is 0 Å². The Labute approximate surface area is 298 Å². The Morgan fingerprint density at radius 1 is 0.333 bits per heavy atom. The molecule has 236 valence electrons.